The number of aromatic amines is 1. The van der Waals surface area contributed by atoms with Gasteiger partial charge in [0.05, 0.1) is 17.1 Å². The lowest BCUT2D eigenvalue weighted by atomic mass is 10.0. The van der Waals surface area contributed by atoms with E-state index in [4.69, 9.17) is 27.9 Å². The number of benzene rings is 2. The molecule has 36 heavy (non-hydrogen) atoms. The molecule has 1 atom stereocenters. The summed E-state index contributed by atoms with van der Waals surface area (Å²) in [5.41, 5.74) is 0.594. The maximum Gasteiger partial charge on any atom is 0.407 e. The van der Waals surface area contributed by atoms with Crippen molar-refractivity contribution in [2.45, 2.75) is 45.8 Å². The second kappa shape index (κ2) is 9.91. The van der Waals surface area contributed by atoms with Crippen LogP contribution >= 0.6 is 23.2 Å². The van der Waals surface area contributed by atoms with E-state index in [1.165, 1.54) is 0 Å². The maximum absolute atomic E-state index is 12.7. The standard InChI is InChI=1S/C25H25Cl2N5O4/c1-13-9-18-19(11-17(13)27)32(21-20(29-18)22(33)31-23(34)30-21)16(10-14-5-7-15(26)8-6-14)12-28-24(35)36-25(2,3)4/h5-9,11,16H,10,12H2,1-4H3,(H,28,35)(H,31,33,34). The highest BCUT2D eigenvalue weighted by molar-refractivity contribution is 6.32. The van der Waals surface area contributed by atoms with Gasteiger partial charge < -0.3 is 14.6 Å². The van der Waals surface area contributed by atoms with Gasteiger partial charge in [-0.05, 0) is 69.5 Å². The van der Waals surface area contributed by atoms with Gasteiger partial charge in [-0.2, -0.15) is 4.98 Å². The smallest absolute Gasteiger partial charge is 0.407 e. The summed E-state index contributed by atoms with van der Waals surface area (Å²) < 4.78 is 7.13. The number of fused-ring (bicyclic) bond motifs is 2. The van der Waals surface area contributed by atoms with Gasteiger partial charge in [0.15, 0.2) is 11.5 Å². The van der Waals surface area contributed by atoms with E-state index < -0.39 is 29.0 Å². The van der Waals surface area contributed by atoms with Crippen LogP contribution in [-0.4, -0.2) is 37.8 Å². The first-order valence-corrected chi connectivity index (χ1v) is 12.0. The first-order valence-electron chi connectivity index (χ1n) is 11.2. The van der Waals surface area contributed by atoms with Crippen molar-refractivity contribution in [1.29, 1.82) is 0 Å². The predicted molar refractivity (Wildman–Crippen MR) is 139 cm³/mol. The lowest BCUT2D eigenvalue weighted by Crippen LogP contribution is -2.38. The van der Waals surface area contributed by atoms with Crippen molar-refractivity contribution in [1.82, 2.24) is 24.8 Å². The van der Waals surface area contributed by atoms with Crippen LogP contribution in [0.5, 0.6) is 0 Å². The Morgan fingerprint density at radius 2 is 1.83 bits per heavy atom. The lowest BCUT2D eigenvalue weighted by Gasteiger charge is -2.27. The number of rotatable bonds is 5. The summed E-state index contributed by atoms with van der Waals surface area (Å²) in [6.45, 7) is 7.24. The Morgan fingerprint density at radius 3 is 2.50 bits per heavy atom. The Balaban J connectivity index is 1.92. The highest BCUT2D eigenvalue weighted by Crippen LogP contribution is 2.30. The summed E-state index contributed by atoms with van der Waals surface area (Å²) in [5, 5.41) is 3.87. The lowest BCUT2D eigenvalue weighted by molar-refractivity contribution is 0.0520. The summed E-state index contributed by atoms with van der Waals surface area (Å²) in [6, 6.07) is 10.2. The van der Waals surface area contributed by atoms with Gasteiger partial charge in [0.1, 0.15) is 5.60 Å². The van der Waals surface area contributed by atoms with Gasteiger partial charge in [-0.15, -0.1) is 0 Å². The minimum atomic E-state index is -0.800. The maximum atomic E-state index is 12.7. The van der Waals surface area contributed by atoms with Gasteiger partial charge in [-0.25, -0.2) is 14.6 Å². The largest absolute Gasteiger partial charge is 0.444 e. The van der Waals surface area contributed by atoms with Crippen molar-refractivity contribution in [3.8, 4) is 11.5 Å². The first-order chi connectivity index (χ1) is 16.9. The van der Waals surface area contributed by atoms with Crippen molar-refractivity contribution in [3.63, 3.8) is 0 Å². The van der Waals surface area contributed by atoms with E-state index in [2.05, 4.69) is 20.3 Å². The van der Waals surface area contributed by atoms with Gasteiger partial charge in [0.2, 0.25) is 0 Å². The molecule has 11 heteroatoms. The molecule has 2 aliphatic rings. The SMILES string of the molecule is Cc1cc2nc3c(=O)[nH]c(=O)nc-3n(C(CNC(=O)OC(C)(C)C)Cc3ccc(Cl)cc3)c2cc1Cl. The number of aryl methyl sites for hydroxylation is 1. The van der Waals surface area contributed by atoms with E-state index in [0.29, 0.717) is 27.5 Å². The van der Waals surface area contributed by atoms with Crippen LogP contribution < -0.4 is 16.6 Å². The van der Waals surface area contributed by atoms with Gasteiger partial charge in [0.25, 0.3) is 5.56 Å². The number of alkyl carbamates (subject to hydrolysis) is 1. The summed E-state index contributed by atoms with van der Waals surface area (Å²) >= 11 is 12.5. The van der Waals surface area contributed by atoms with E-state index in [1.807, 2.05) is 19.1 Å². The van der Waals surface area contributed by atoms with E-state index in [9.17, 15) is 14.4 Å². The molecule has 2 heterocycles. The molecule has 2 aliphatic heterocycles. The van der Waals surface area contributed by atoms with Gasteiger partial charge >= 0.3 is 11.8 Å². The first kappa shape index (κ1) is 25.7. The number of nitrogens with one attached hydrogen (secondary N) is 2. The Hall–Kier alpha value is -3.43. The summed E-state index contributed by atoms with van der Waals surface area (Å²) in [4.78, 5) is 48.1. The zero-order valence-corrected chi connectivity index (χ0v) is 21.7. The van der Waals surface area contributed by atoms with Crippen molar-refractivity contribution < 1.29 is 9.53 Å². The van der Waals surface area contributed by atoms with Crippen LogP contribution in [-0.2, 0) is 11.2 Å². The van der Waals surface area contributed by atoms with Crippen LogP contribution in [0.4, 0.5) is 4.79 Å². The Labute approximate surface area is 216 Å². The fourth-order valence-electron chi connectivity index (χ4n) is 3.91. The van der Waals surface area contributed by atoms with Crippen molar-refractivity contribution in [2.75, 3.05) is 6.54 Å². The molecular weight excluding hydrogens is 505 g/mol. The number of hydrogen-bond donors (Lipinski definition) is 2. The molecule has 0 aliphatic carbocycles. The van der Waals surface area contributed by atoms with Gasteiger partial charge in [0, 0.05) is 16.6 Å². The molecule has 2 aromatic rings. The molecule has 2 aromatic carbocycles. The predicted octanol–water partition coefficient (Wildman–Crippen LogP) is 4.51. The zero-order valence-electron chi connectivity index (χ0n) is 20.2. The fraction of sp³-hybridized carbons (Fsp3) is 0.320. The van der Waals surface area contributed by atoms with Crippen LogP contribution in [0.15, 0.2) is 46.0 Å². The summed E-state index contributed by atoms with van der Waals surface area (Å²) in [5.74, 6) is 0.0844. The number of carbonyl (C=O) groups is 1. The van der Waals surface area contributed by atoms with Gasteiger partial charge in [-0.3, -0.25) is 9.78 Å². The molecule has 0 saturated carbocycles. The number of ether oxygens (including phenoxy) is 1. The Bertz CT molecular complexity index is 1520. The average Bonchev–Trinajstić information content (AvgIpc) is 2.77. The summed E-state index contributed by atoms with van der Waals surface area (Å²) in [7, 11) is 0. The monoisotopic (exact) mass is 529 g/mol. The normalized spacial score (nSPS) is 12.6. The van der Waals surface area contributed by atoms with Crippen molar-refractivity contribution >= 4 is 40.3 Å². The molecule has 4 rings (SSSR count). The van der Waals surface area contributed by atoms with E-state index >= 15 is 0 Å². The molecule has 0 fully saturated rings. The molecule has 0 saturated heterocycles. The number of hydrogen-bond acceptors (Lipinski definition) is 6. The molecular formula is C25H25Cl2N5O4. The van der Waals surface area contributed by atoms with Crippen molar-refractivity contribution in [3.05, 3.63) is 78.4 Å². The molecule has 2 N–H and O–H groups in total. The van der Waals surface area contributed by atoms with Crippen LogP contribution in [0.25, 0.3) is 22.6 Å². The number of halogens is 2. The second-order valence-corrected chi connectivity index (χ2v) is 10.3. The molecule has 0 spiro atoms. The van der Waals surface area contributed by atoms with Gasteiger partial charge in [-0.1, -0.05) is 35.3 Å². The number of aromatic nitrogens is 4. The molecule has 0 aromatic heterocycles. The van der Waals surface area contributed by atoms with Crippen molar-refractivity contribution in [2.24, 2.45) is 0 Å². The zero-order chi connectivity index (χ0) is 26.2. The highest BCUT2D eigenvalue weighted by atomic mass is 35.5. The molecule has 0 bridgehead atoms. The third-order valence-corrected chi connectivity index (χ3v) is 6.12. The Morgan fingerprint density at radius 1 is 1.14 bits per heavy atom. The molecule has 0 radical (unpaired) electrons. The minimum Gasteiger partial charge on any atom is -0.444 e. The summed E-state index contributed by atoms with van der Waals surface area (Å²) in [6.07, 6.45) is -0.198. The van der Waals surface area contributed by atoms with Crippen LogP contribution in [0.1, 0.15) is 37.9 Å². The molecule has 1 amide bonds. The van der Waals surface area contributed by atoms with Crippen LogP contribution in [0, 0.1) is 6.92 Å². The quantitative estimate of drug-likeness (QED) is 0.367. The van der Waals surface area contributed by atoms with E-state index in [0.717, 1.165) is 11.1 Å². The highest BCUT2D eigenvalue weighted by Gasteiger charge is 2.26. The van der Waals surface area contributed by atoms with Crippen LogP contribution in [0.3, 0.4) is 0 Å². The third kappa shape index (κ3) is 5.68. The Kier molecular flexibility index (Phi) is 7.06. The molecule has 1 unspecified atom stereocenters. The number of nitrogens with zero attached hydrogens (tertiary/aromatic N) is 3. The average molecular weight is 530 g/mol. The van der Waals surface area contributed by atoms with Crippen LogP contribution in [0.2, 0.25) is 10.0 Å². The third-order valence-electron chi connectivity index (χ3n) is 5.46. The molecule has 9 nitrogen and oxygen atoms in total. The van der Waals surface area contributed by atoms with E-state index in [1.54, 1.807) is 49.6 Å². The topological polar surface area (TPSA) is 119 Å². The van der Waals surface area contributed by atoms with E-state index in [-0.39, 0.29) is 18.1 Å². The molecule has 188 valence electrons. The number of amides is 1. The minimum absolute atomic E-state index is 0.00203. The number of H-pyrrole nitrogens is 1. The second-order valence-electron chi connectivity index (χ2n) is 9.48. The fourth-order valence-corrected chi connectivity index (χ4v) is 4.19. The number of carbonyl (C=O) groups excluding carboxylic acids is 1.